The van der Waals surface area contributed by atoms with Gasteiger partial charge in [-0.2, -0.15) is 0 Å². The third-order valence-corrected chi connectivity index (χ3v) is 8.86. The summed E-state index contributed by atoms with van der Waals surface area (Å²) in [6, 6.07) is 11.6. The van der Waals surface area contributed by atoms with Crippen LogP contribution < -0.4 is 9.64 Å². The van der Waals surface area contributed by atoms with Crippen molar-refractivity contribution in [2.45, 2.75) is 17.7 Å². The van der Waals surface area contributed by atoms with Crippen molar-refractivity contribution in [1.29, 1.82) is 0 Å². The van der Waals surface area contributed by atoms with E-state index in [4.69, 9.17) is 21.1 Å². The Hall–Kier alpha value is -2.24. The minimum absolute atomic E-state index is 0.137. The van der Waals surface area contributed by atoms with Gasteiger partial charge in [-0.05, 0) is 48.9 Å². The number of amides is 1. The number of carbonyl (C=O) groups is 1. The van der Waals surface area contributed by atoms with E-state index in [1.165, 1.54) is 35.6 Å². The van der Waals surface area contributed by atoms with E-state index in [0.29, 0.717) is 35.7 Å². The fourth-order valence-corrected chi connectivity index (χ4v) is 6.25. The van der Waals surface area contributed by atoms with Gasteiger partial charge in [0.25, 0.3) is 0 Å². The maximum atomic E-state index is 13.3. The van der Waals surface area contributed by atoms with Gasteiger partial charge in [0.15, 0.2) is 15.0 Å². The number of fused-ring (bicyclic) bond motifs is 1. The number of morpholine rings is 1. The molecule has 0 aliphatic carbocycles. The lowest BCUT2D eigenvalue weighted by Crippen LogP contribution is -2.39. The molecule has 0 unspecified atom stereocenters. The van der Waals surface area contributed by atoms with Crippen LogP contribution in [0, 0.1) is 0 Å². The van der Waals surface area contributed by atoms with Crippen LogP contribution in [-0.2, 0) is 19.4 Å². The molecule has 0 N–H and O–H groups in total. The van der Waals surface area contributed by atoms with E-state index in [9.17, 15) is 13.2 Å². The fourth-order valence-electron chi connectivity index (χ4n) is 3.86. The van der Waals surface area contributed by atoms with Crippen molar-refractivity contribution in [1.82, 2.24) is 9.88 Å². The van der Waals surface area contributed by atoms with Gasteiger partial charge in [-0.15, -0.1) is 0 Å². The Morgan fingerprint density at radius 3 is 2.66 bits per heavy atom. The average Bonchev–Trinajstić information content (AvgIpc) is 3.29. The number of aromatic nitrogens is 1. The number of thiazole rings is 1. The van der Waals surface area contributed by atoms with E-state index in [1.54, 1.807) is 12.0 Å². The van der Waals surface area contributed by atoms with E-state index in [0.717, 1.165) is 36.3 Å². The van der Waals surface area contributed by atoms with Crippen molar-refractivity contribution in [3.63, 3.8) is 0 Å². The number of benzene rings is 2. The highest BCUT2D eigenvalue weighted by Crippen LogP contribution is 2.32. The summed E-state index contributed by atoms with van der Waals surface area (Å²) >= 11 is 7.27. The summed E-state index contributed by atoms with van der Waals surface area (Å²) in [7, 11) is -2.02. The van der Waals surface area contributed by atoms with Crippen molar-refractivity contribution in [2.24, 2.45) is 0 Å². The molecule has 0 atom stereocenters. The molecule has 0 bridgehead atoms. The van der Waals surface area contributed by atoms with E-state index in [2.05, 4.69) is 9.88 Å². The smallest absolute Gasteiger partial charge is 0.229 e. The van der Waals surface area contributed by atoms with Crippen LogP contribution in [0.15, 0.2) is 47.4 Å². The monoisotopic (exact) mass is 537 g/mol. The minimum Gasteiger partial charge on any atom is -0.497 e. The quantitative estimate of drug-likeness (QED) is 0.388. The molecule has 8 nitrogen and oxygen atoms in total. The van der Waals surface area contributed by atoms with Gasteiger partial charge in [0.05, 0.1) is 41.2 Å². The van der Waals surface area contributed by atoms with E-state index in [-0.39, 0.29) is 23.0 Å². The molecule has 1 aliphatic rings. The van der Waals surface area contributed by atoms with Gasteiger partial charge in [0, 0.05) is 37.6 Å². The standard InChI is InChI=1S/C24H28ClN3O5S2/c1-32-19-5-8-21-22(17-19)34-24(26-21)28(11-2-10-27-12-14-33-15-13-27)23(29)9-16-35(30,31)20-6-3-18(25)4-7-20/h3-8,17H,2,9-16H2,1H3. The number of methoxy groups -OCH3 is 1. The molecule has 1 saturated heterocycles. The molecule has 2 aromatic carbocycles. The first kappa shape index (κ1) is 25.8. The Labute approximate surface area is 214 Å². The van der Waals surface area contributed by atoms with Crippen molar-refractivity contribution >= 4 is 54.0 Å². The number of rotatable bonds is 10. The predicted molar refractivity (Wildman–Crippen MR) is 139 cm³/mol. The molecule has 1 amide bonds. The van der Waals surface area contributed by atoms with Gasteiger partial charge in [0.2, 0.25) is 5.91 Å². The zero-order chi connectivity index (χ0) is 24.8. The van der Waals surface area contributed by atoms with E-state index in [1.807, 2.05) is 18.2 Å². The number of hydrogen-bond acceptors (Lipinski definition) is 8. The van der Waals surface area contributed by atoms with Gasteiger partial charge < -0.3 is 9.47 Å². The van der Waals surface area contributed by atoms with Gasteiger partial charge >= 0.3 is 0 Å². The minimum atomic E-state index is -3.62. The largest absolute Gasteiger partial charge is 0.497 e. The Bertz CT molecular complexity index is 1260. The number of anilines is 1. The second-order valence-corrected chi connectivity index (χ2v) is 11.8. The van der Waals surface area contributed by atoms with Crippen molar-refractivity contribution in [3.05, 3.63) is 47.5 Å². The third kappa shape index (κ3) is 6.71. The van der Waals surface area contributed by atoms with Crippen molar-refractivity contribution in [2.75, 3.05) is 57.2 Å². The summed E-state index contributed by atoms with van der Waals surface area (Å²) in [5.41, 5.74) is 0.769. The Kier molecular flexibility index (Phi) is 8.61. The predicted octanol–water partition coefficient (Wildman–Crippen LogP) is 3.88. The zero-order valence-corrected chi connectivity index (χ0v) is 21.9. The molecular weight excluding hydrogens is 510 g/mol. The highest BCUT2D eigenvalue weighted by atomic mass is 35.5. The summed E-state index contributed by atoms with van der Waals surface area (Å²) in [6.45, 7) is 4.45. The first-order valence-electron chi connectivity index (χ1n) is 11.4. The van der Waals surface area contributed by atoms with Crippen LogP contribution in [0.2, 0.25) is 5.02 Å². The lowest BCUT2D eigenvalue weighted by atomic mass is 10.3. The fraction of sp³-hybridized carbons (Fsp3) is 0.417. The van der Waals surface area contributed by atoms with Gasteiger partial charge in [0.1, 0.15) is 5.75 Å². The number of sulfone groups is 1. The number of ether oxygens (including phenoxy) is 2. The van der Waals surface area contributed by atoms with Crippen LogP contribution in [0.5, 0.6) is 5.75 Å². The summed E-state index contributed by atoms with van der Waals surface area (Å²) in [6.07, 6.45) is 0.608. The topological polar surface area (TPSA) is 89.0 Å². The Balaban J connectivity index is 1.49. The van der Waals surface area contributed by atoms with Crippen LogP contribution in [0.1, 0.15) is 12.8 Å². The molecule has 1 aliphatic heterocycles. The highest BCUT2D eigenvalue weighted by molar-refractivity contribution is 7.91. The molecule has 11 heteroatoms. The van der Waals surface area contributed by atoms with Crippen molar-refractivity contribution < 1.29 is 22.7 Å². The number of carbonyl (C=O) groups excluding carboxylic acids is 1. The number of halogens is 1. The second-order valence-electron chi connectivity index (χ2n) is 8.21. The number of hydrogen-bond donors (Lipinski definition) is 0. The molecule has 2 heterocycles. The molecule has 4 rings (SSSR count). The molecule has 0 saturated carbocycles. The number of nitrogens with zero attached hydrogens (tertiary/aromatic N) is 3. The Morgan fingerprint density at radius 1 is 1.20 bits per heavy atom. The lowest BCUT2D eigenvalue weighted by Gasteiger charge is -2.27. The SMILES string of the molecule is COc1ccc2nc(N(CCCN3CCOCC3)C(=O)CCS(=O)(=O)c3ccc(Cl)cc3)sc2c1. The molecule has 1 aromatic heterocycles. The van der Waals surface area contributed by atoms with Crippen molar-refractivity contribution in [3.8, 4) is 5.75 Å². The van der Waals surface area contributed by atoms with Crippen LogP contribution in [0.25, 0.3) is 10.2 Å². The van der Waals surface area contributed by atoms with E-state index < -0.39 is 9.84 Å². The molecular formula is C24H28ClN3O5S2. The third-order valence-electron chi connectivity index (χ3n) is 5.83. The van der Waals surface area contributed by atoms with Gasteiger partial charge in [-0.25, -0.2) is 13.4 Å². The maximum absolute atomic E-state index is 13.3. The molecule has 3 aromatic rings. The first-order valence-corrected chi connectivity index (χ1v) is 14.2. The zero-order valence-electron chi connectivity index (χ0n) is 19.5. The summed E-state index contributed by atoms with van der Waals surface area (Å²) in [5.74, 6) is 0.161. The lowest BCUT2D eigenvalue weighted by molar-refractivity contribution is -0.118. The Morgan fingerprint density at radius 2 is 1.94 bits per heavy atom. The summed E-state index contributed by atoms with van der Waals surface area (Å²) < 4.78 is 37.2. The van der Waals surface area contributed by atoms with Crippen LogP contribution in [0.3, 0.4) is 0 Å². The van der Waals surface area contributed by atoms with E-state index >= 15 is 0 Å². The van der Waals surface area contributed by atoms with Crippen LogP contribution >= 0.6 is 22.9 Å². The van der Waals surface area contributed by atoms with Gasteiger partial charge in [-0.1, -0.05) is 22.9 Å². The summed E-state index contributed by atoms with van der Waals surface area (Å²) in [5, 5.41) is 1.02. The van der Waals surface area contributed by atoms with Gasteiger partial charge in [-0.3, -0.25) is 14.6 Å². The molecule has 0 radical (unpaired) electrons. The maximum Gasteiger partial charge on any atom is 0.229 e. The van der Waals surface area contributed by atoms with Crippen LogP contribution in [-0.4, -0.2) is 76.5 Å². The molecule has 35 heavy (non-hydrogen) atoms. The first-order chi connectivity index (χ1) is 16.9. The summed E-state index contributed by atoms with van der Waals surface area (Å²) in [4.78, 5) is 22.0. The average molecular weight is 538 g/mol. The highest BCUT2D eigenvalue weighted by Gasteiger charge is 2.24. The molecule has 188 valence electrons. The molecule has 1 fully saturated rings. The second kappa shape index (κ2) is 11.7. The normalized spacial score (nSPS) is 14.8. The molecule has 0 spiro atoms. The van der Waals surface area contributed by atoms with Crippen LogP contribution in [0.4, 0.5) is 5.13 Å².